The Hall–Kier alpha value is -1.14. The van der Waals surface area contributed by atoms with Crippen molar-refractivity contribution < 1.29 is 22.7 Å². The van der Waals surface area contributed by atoms with Gasteiger partial charge >= 0.3 is 6.18 Å². The van der Waals surface area contributed by atoms with E-state index >= 15 is 0 Å². The van der Waals surface area contributed by atoms with Crippen LogP contribution in [0, 0.1) is 11.7 Å². The highest BCUT2D eigenvalue weighted by molar-refractivity contribution is 5.26. The number of hydrogen-bond donors (Lipinski definition) is 2. The Bertz CT molecular complexity index is 428. The fourth-order valence-corrected chi connectivity index (χ4v) is 2.28. The maximum Gasteiger partial charge on any atom is 0.416 e. The van der Waals surface area contributed by atoms with Gasteiger partial charge in [-0.05, 0) is 49.1 Å². The molecule has 0 aromatic heterocycles. The first-order valence-corrected chi connectivity index (χ1v) is 7.05. The Morgan fingerprint density at radius 3 is 2.48 bits per heavy atom. The van der Waals surface area contributed by atoms with Crippen molar-refractivity contribution in [3.05, 3.63) is 35.1 Å². The van der Waals surface area contributed by atoms with Gasteiger partial charge in [-0.25, -0.2) is 4.39 Å². The predicted molar refractivity (Wildman–Crippen MR) is 73.2 cm³/mol. The highest BCUT2D eigenvalue weighted by Crippen LogP contribution is 2.30. The average Bonchev–Trinajstić information content (AvgIpc) is 2.37. The molecule has 0 fully saturated rings. The van der Waals surface area contributed by atoms with E-state index in [1.54, 1.807) is 0 Å². The number of rotatable bonds is 8. The topological polar surface area (TPSA) is 32.3 Å². The number of nitrogens with one attached hydrogen (secondary N) is 1. The second-order valence-electron chi connectivity index (χ2n) is 5.14. The molecule has 0 heterocycles. The summed E-state index contributed by atoms with van der Waals surface area (Å²) in [6.45, 7) is 2.88. The fraction of sp³-hybridized carbons (Fsp3) is 0.600. The monoisotopic (exact) mass is 307 g/mol. The van der Waals surface area contributed by atoms with Crippen molar-refractivity contribution in [1.82, 2.24) is 5.32 Å². The first-order valence-electron chi connectivity index (χ1n) is 7.05. The minimum Gasteiger partial charge on any atom is -0.396 e. The molecule has 0 aliphatic carbocycles. The third-order valence-corrected chi connectivity index (χ3v) is 3.28. The predicted octanol–water partition coefficient (Wildman–Crippen LogP) is 3.73. The molecule has 1 atom stereocenters. The minimum absolute atomic E-state index is 0.0878. The Balaban J connectivity index is 2.61. The van der Waals surface area contributed by atoms with Gasteiger partial charge in [0.2, 0.25) is 0 Å². The van der Waals surface area contributed by atoms with Gasteiger partial charge in [0.1, 0.15) is 5.82 Å². The van der Waals surface area contributed by atoms with Crippen LogP contribution in [0.5, 0.6) is 0 Å². The Labute approximate surface area is 122 Å². The third-order valence-electron chi connectivity index (χ3n) is 3.28. The van der Waals surface area contributed by atoms with Crippen LogP contribution in [0.3, 0.4) is 0 Å². The van der Waals surface area contributed by atoms with Crippen LogP contribution >= 0.6 is 0 Å². The van der Waals surface area contributed by atoms with Gasteiger partial charge in [0.05, 0.1) is 5.56 Å². The van der Waals surface area contributed by atoms with Gasteiger partial charge < -0.3 is 10.4 Å². The molecule has 0 spiro atoms. The first-order chi connectivity index (χ1) is 9.86. The number of halogens is 4. The highest BCUT2D eigenvalue weighted by Gasteiger charge is 2.31. The SMILES string of the molecule is CCCC(CCO)CNCc1cc(F)cc(C(F)(F)F)c1. The molecule has 0 saturated heterocycles. The summed E-state index contributed by atoms with van der Waals surface area (Å²) < 4.78 is 51.0. The molecular weight excluding hydrogens is 286 g/mol. The van der Waals surface area contributed by atoms with E-state index in [1.807, 2.05) is 6.92 Å². The van der Waals surface area contributed by atoms with Gasteiger partial charge in [0.15, 0.2) is 0 Å². The molecule has 21 heavy (non-hydrogen) atoms. The zero-order valence-corrected chi connectivity index (χ0v) is 12.0. The van der Waals surface area contributed by atoms with Crippen molar-refractivity contribution in [2.45, 2.75) is 38.9 Å². The molecule has 1 rings (SSSR count). The summed E-state index contributed by atoms with van der Waals surface area (Å²) in [5.74, 6) is -0.613. The molecule has 0 aliphatic heterocycles. The molecule has 6 heteroatoms. The third kappa shape index (κ3) is 6.44. The lowest BCUT2D eigenvalue weighted by Crippen LogP contribution is -2.23. The largest absolute Gasteiger partial charge is 0.416 e. The lowest BCUT2D eigenvalue weighted by molar-refractivity contribution is -0.137. The Morgan fingerprint density at radius 2 is 1.90 bits per heavy atom. The smallest absolute Gasteiger partial charge is 0.396 e. The number of aliphatic hydroxyl groups is 1. The lowest BCUT2D eigenvalue weighted by Gasteiger charge is -2.16. The normalized spacial score (nSPS) is 13.4. The molecule has 2 nitrogen and oxygen atoms in total. The Kier molecular flexibility index (Phi) is 7.11. The van der Waals surface area contributed by atoms with E-state index in [0.717, 1.165) is 25.0 Å². The molecule has 1 aromatic rings. The van der Waals surface area contributed by atoms with E-state index in [1.165, 1.54) is 0 Å². The lowest BCUT2D eigenvalue weighted by atomic mass is 10.00. The molecule has 1 aromatic carbocycles. The van der Waals surface area contributed by atoms with Crippen molar-refractivity contribution in [3.63, 3.8) is 0 Å². The van der Waals surface area contributed by atoms with Crippen LogP contribution in [-0.4, -0.2) is 18.3 Å². The second kappa shape index (κ2) is 8.34. The molecule has 1 unspecified atom stereocenters. The molecule has 120 valence electrons. The van der Waals surface area contributed by atoms with Crippen LogP contribution in [0.15, 0.2) is 18.2 Å². The summed E-state index contributed by atoms with van der Waals surface area (Å²) in [5, 5.41) is 12.0. The van der Waals surface area contributed by atoms with E-state index < -0.39 is 17.6 Å². The van der Waals surface area contributed by atoms with Crippen molar-refractivity contribution >= 4 is 0 Å². The van der Waals surface area contributed by atoms with Gasteiger partial charge in [0, 0.05) is 13.2 Å². The molecule has 0 amide bonds. The number of aliphatic hydroxyl groups excluding tert-OH is 1. The quantitative estimate of drug-likeness (QED) is 0.717. The molecule has 0 aliphatic rings. The summed E-state index contributed by atoms with van der Waals surface area (Å²) in [6, 6.07) is 2.55. The van der Waals surface area contributed by atoms with Gasteiger partial charge in [0.25, 0.3) is 0 Å². The van der Waals surface area contributed by atoms with Gasteiger partial charge in [-0.15, -0.1) is 0 Å². The zero-order chi connectivity index (χ0) is 15.9. The van der Waals surface area contributed by atoms with Crippen LogP contribution in [0.1, 0.15) is 37.3 Å². The number of hydrogen-bond acceptors (Lipinski definition) is 2. The zero-order valence-electron chi connectivity index (χ0n) is 12.0. The maximum atomic E-state index is 13.2. The summed E-state index contributed by atoms with van der Waals surface area (Å²) in [5.41, 5.74) is -0.707. The van der Waals surface area contributed by atoms with Crippen LogP contribution in [-0.2, 0) is 12.7 Å². The van der Waals surface area contributed by atoms with Crippen LogP contribution in [0.2, 0.25) is 0 Å². The number of benzene rings is 1. The standard InChI is InChI=1S/C15H21F4NO/c1-2-3-11(4-5-21)9-20-10-12-6-13(15(17,18)19)8-14(16)7-12/h6-8,11,20-21H,2-5,9-10H2,1H3. The van der Waals surface area contributed by atoms with Crippen LogP contribution in [0.4, 0.5) is 17.6 Å². The molecule has 0 radical (unpaired) electrons. The van der Waals surface area contributed by atoms with Gasteiger partial charge in [-0.1, -0.05) is 13.3 Å². The van der Waals surface area contributed by atoms with E-state index in [2.05, 4.69) is 5.32 Å². The number of alkyl halides is 3. The molecule has 0 saturated carbocycles. The van der Waals surface area contributed by atoms with Gasteiger partial charge in [-0.3, -0.25) is 0 Å². The fourth-order valence-electron chi connectivity index (χ4n) is 2.28. The van der Waals surface area contributed by atoms with Crippen molar-refractivity contribution in [2.75, 3.05) is 13.2 Å². The van der Waals surface area contributed by atoms with Crippen molar-refractivity contribution in [3.8, 4) is 0 Å². The van der Waals surface area contributed by atoms with E-state index in [-0.39, 0.29) is 24.6 Å². The Morgan fingerprint density at radius 1 is 1.19 bits per heavy atom. The summed E-state index contributed by atoms with van der Waals surface area (Å²) in [4.78, 5) is 0. The summed E-state index contributed by atoms with van der Waals surface area (Å²) in [6.07, 6.45) is -1.98. The van der Waals surface area contributed by atoms with Crippen LogP contribution in [0.25, 0.3) is 0 Å². The summed E-state index contributed by atoms with van der Waals surface area (Å²) in [7, 11) is 0. The van der Waals surface area contributed by atoms with E-state index in [4.69, 9.17) is 5.11 Å². The van der Waals surface area contributed by atoms with E-state index in [0.29, 0.717) is 19.0 Å². The maximum absolute atomic E-state index is 13.2. The highest BCUT2D eigenvalue weighted by atomic mass is 19.4. The van der Waals surface area contributed by atoms with Crippen LogP contribution < -0.4 is 5.32 Å². The average molecular weight is 307 g/mol. The van der Waals surface area contributed by atoms with E-state index in [9.17, 15) is 17.6 Å². The minimum atomic E-state index is -4.54. The second-order valence-corrected chi connectivity index (χ2v) is 5.14. The molecular formula is C15H21F4NO. The molecule has 0 bridgehead atoms. The van der Waals surface area contributed by atoms with Crippen molar-refractivity contribution in [1.29, 1.82) is 0 Å². The summed E-state index contributed by atoms with van der Waals surface area (Å²) >= 11 is 0. The first kappa shape index (κ1) is 17.9. The van der Waals surface area contributed by atoms with Crippen molar-refractivity contribution in [2.24, 2.45) is 5.92 Å². The molecule has 2 N–H and O–H groups in total. The van der Waals surface area contributed by atoms with Gasteiger partial charge in [-0.2, -0.15) is 13.2 Å².